The topological polar surface area (TPSA) is 77.8 Å². The highest BCUT2D eigenvalue weighted by Crippen LogP contribution is 2.18. The number of carboxylic acids is 1. The zero-order valence-corrected chi connectivity index (χ0v) is 10.9. The van der Waals surface area contributed by atoms with Crippen molar-refractivity contribution in [1.82, 2.24) is 0 Å². The van der Waals surface area contributed by atoms with Gasteiger partial charge >= 0.3 is 5.97 Å². The lowest BCUT2D eigenvalue weighted by atomic mass is 10.1. The van der Waals surface area contributed by atoms with Crippen LogP contribution in [0.2, 0.25) is 0 Å². The molecule has 0 heterocycles. The number of carbonyl (C=O) groups is 1. The summed E-state index contributed by atoms with van der Waals surface area (Å²) >= 11 is 1.41. The Hall–Kier alpha value is -1.37. The lowest BCUT2D eigenvalue weighted by molar-refractivity contribution is -0.131. The summed E-state index contributed by atoms with van der Waals surface area (Å²) in [7, 11) is 0. The summed E-state index contributed by atoms with van der Waals surface area (Å²) in [5.41, 5.74) is 1.03. The summed E-state index contributed by atoms with van der Waals surface area (Å²) in [6, 6.07) is 4.44. The number of halogens is 1. The van der Waals surface area contributed by atoms with Crippen LogP contribution in [-0.4, -0.2) is 39.8 Å². The van der Waals surface area contributed by atoms with Crippen LogP contribution in [0.3, 0.4) is 0 Å². The summed E-state index contributed by atoms with van der Waals surface area (Å²) in [5, 5.41) is 26.3. The van der Waals surface area contributed by atoms with E-state index in [9.17, 15) is 14.3 Å². The first-order valence-corrected chi connectivity index (χ1v) is 6.74. The monoisotopic (exact) mass is 286 g/mol. The molecular weight excluding hydrogens is 271 g/mol. The molecule has 6 heteroatoms. The van der Waals surface area contributed by atoms with Gasteiger partial charge in [0.05, 0.1) is 12.7 Å². The zero-order chi connectivity index (χ0) is 14.3. The fourth-order valence-electron chi connectivity index (χ4n) is 1.34. The highest BCUT2D eigenvalue weighted by molar-refractivity contribution is 7.98. The maximum Gasteiger partial charge on any atom is 0.328 e. The van der Waals surface area contributed by atoms with E-state index in [1.165, 1.54) is 23.9 Å². The summed E-state index contributed by atoms with van der Waals surface area (Å²) in [6.07, 6.45) is 1.32. The summed E-state index contributed by atoms with van der Waals surface area (Å²) < 4.78 is 13.4. The summed E-state index contributed by atoms with van der Waals surface area (Å²) in [4.78, 5) is 10.4. The molecule has 0 saturated carbocycles. The Morgan fingerprint density at radius 2 is 2.21 bits per heavy atom. The number of aliphatic carboxylic acids is 1. The number of thioether (sulfide) groups is 1. The Bertz CT molecular complexity index is 462. The van der Waals surface area contributed by atoms with E-state index in [0.29, 0.717) is 11.5 Å². The normalized spacial score (nSPS) is 12.8. The average Bonchev–Trinajstić information content (AvgIpc) is 2.38. The summed E-state index contributed by atoms with van der Waals surface area (Å²) in [6.45, 7) is -0.289. The van der Waals surface area contributed by atoms with Gasteiger partial charge in [-0.1, -0.05) is 6.07 Å². The highest BCUT2D eigenvalue weighted by Gasteiger charge is 2.04. The van der Waals surface area contributed by atoms with Crippen LogP contribution in [0.1, 0.15) is 11.1 Å². The van der Waals surface area contributed by atoms with Crippen molar-refractivity contribution in [2.75, 3.05) is 12.4 Å². The number of hydrogen-bond acceptors (Lipinski definition) is 4. The Morgan fingerprint density at radius 3 is 2.84 bits per heavy atom. The van der Waals surface area contributed by atoms with Crippen LogP contribution in [0.15, 0.2) is 24.3 Å². The van der Waals surface area contributed by atoms with E-state index in [4.69, 9.17) is 10.2 Å². The molecule has 0 fully saturated rings. The minimum Gasteiger partial charge on any atom is -0.478 e. The van der Waals surface area contributed by atoms with Crippen molar-refractivity contribution in [2.45, 2.75) is 11.9 Å². The van der Waals surface area contributed by atoms with Crippen LogP contribution in [0.5, 0.6) is 0 Å². The quantitative estimate of drug-likeness (QED) is 0.662. The first-order chi connectivity index (χ1) is 9.02. The van der Waals surface area contributed by atoms with E-state index in [1.54, 1.807) is 12.1 Å². The molecule has 0 saturated heterocycles. The van der Waals surface area contributed by atoms with Crippen LogP contribution in [-0.2, 0) is 10.5 Å². The minimum atomic E-state index is -1.13. The maximum atomic E-state index is 13.4. The van der Waals surface area contributed by atoms with Gasteiger partial charge in [-0.2, -0.15) is 11.8 Å². The molecule has 0 aromatic heterocycles. The van der Waals surface area contributed by atoms with Gasteiger partial charge in [0.1, 0.15) is 5.82 Å². The Kier molecular flexibility index (Phi) is 6.55. The van der Waals surface area contributed by atoms with Crippen molar-refractivity contribution >= 4 is 23.8 Å². The molecule has 3 N–H and O–H groups in total. The van der Waals surface area contributed by atoms with E-state index < -0.39 is 17.9 Å². The van der Waals surface area contributed by atoms with Gasteiger partial charge in [0.2, 0.25) is 0 Å². The first kappa shape index (κ1) is 15.7. The Balaban J connectivity index is 2.65. The van der Waals surface area contributed by atoms with Gasteiger partial charge in [0.25, 0.3) is 0 Å². The molecule has 1 rings (SSSR count). The maximum absolute atomic E-state index is 13.4. The Labute approximate surface area is 114 Å². The van der Waals surface area contributed by atoms with E-state index >= 15 is 0 Å². The number of rotatable bonds is 7. The number of hydrogen-bond donors (Lipinski definition) is 3. The van der Waals surface area contributed by atoms with Gasteiger partial charge < -0.3 is 15.3 Å². The van der Waals surface area contributed by atoms with Crippen molar-refractivity contribution in [3.05, 3.63) is 41.2 Å². The standard InChI is InChI=1S/C13H15FO4S/c14-12-3-1-9(7-19-8-11(16)6-15)5-10(12)2-4-13(17)18/h1-5,11,15-16H,6-8H2,(H,17,18)/b4-2+. The molecule has 0 aliphatic heterocycles. The van der Waals surface area contributed by atoms with Gasteiger partial charge in [-0.3, -0.25) is 0 Å². The second kappa shape index (κ2) is 7.93. The molecule has 0 aliphatic carbocycles. The largest absolute Gasteiger partial charge is 0.478 e. The lowest BCUT2D eigenvalue weighted by Gasteiger charge is -2.07. The molecule has 1 aromatic rings. The predicted octanol–water partition coefficient (Wildman–Crippen LogP) is 1.51. The SMILES string of the molecule is O=C(O)/C=C/c1cc(CSCC(O)CO)ccc1F. The van der Waals surface area contributed by atoms with Crippen molar-refractivity contribution in [2.24, 2.45) is 0 Å². The van der Waals surface area contributed by atoms with Gasteiger partial charge in [-0.25, -0.2) is 9.18 Å². The zero-order valence-electron chi connectivity index (χ0n) is 10.1. The highest BCUT2D eigenvalue weighted by atomic mass is 32.2. The smallest absolute Gasteiger partial charge is 0.328 e. The molecule has 0 spiro atoms. The number of aliphatic hydroxyl groups is 2. The van der Waals surface area contributed by atoms with Crippen molar-refractivity contribution in [3.63, 3.8) is 0 Å². The minimum absolute atomic E-state index is 0.211. The van der Waals surface area contributed by atoms with Crippen LogP contribution in [0.25, 0.3) is 6.08 Å². The third kappa shape index (κ3) is 5.87. The van der Waals surface area contributed by atoms with Crippen LogP contribution < -0.4 is 0 Å². The number of benzene rings is 1. The third-order valence-electron chi connectivity index (χ3n) is 2.26. The first-order valence-electron chi connectivity index (χ1n) is 5.59. The van der Waals surface area contributed by atoms with E-state index in [2.05, 4.69) is 0 Å². The van der Waals surface area contributed by atoms with Crippen LogP contribution >= 0.6 is 11.8 Å². The third-order valence-corrected chi connectivity index (χ3v) is 3.41. The molecule has 0 bridgehead atoms. The Morgan fingerprint density at radius 1 is 1.47 bits per heavy atom. The molecule has 1 atom stereocenters. The molecule has 1 unspecified atom stereocenters. The molecule has 0 amide bonds. The van der Waals surface area contributed by atoms with E-state index in [-0.39, 0.29) is 12.2 Å². The molecule has 19 heavy (non-hydrogen) atoms. The second-order valence-electron chi connectivity index (χ2n) is 3.88. The van der Waals surface area contributed by atoms with Gasteiger partial charge in [0.15, 0.2) is 0 Å². The molecule has 0 aliphatic rings. The van der Waals surface area contributed by atoms with Gasteiger partial charge in [-0.15, -0.1) is 0 Å². The fraction of sp³-hybridized carbons (Fsp3) is 0.308. The van der Waals surface area contributed by atoms with Gasteiger partial charge in [-0.05, 0) is 23.8 Å². The fourth-order valence-corrected chi connectivity index (χ4v) is 2.25. The molecular formula is C13H15FO4S. The van der Waals surface area contributed by atoms with E-state index in [0.717, 1.165) is 11.6 Å². The molecule has 104 valence electrons. The van der Waals surface area contributed by atoms with Crippen molar-refractivity contribution in [1.29, 1.82) is 0 Å². The number of carboxylic acid groups (broad SMARTS) is 1. The van der Waals surface area contributed by atoms with Crippen LogP contribution in [0.4, 0.5) is 4.39 Å². The van der Waals surface area contributed by atoms with Crippen molar-refractivity contribution < 1.29 is 24.5 Å². The molecule has 4 nitrogen and oxygen atoms in total. The van der Waals surface area contributed by atoms with Crippen LogP contribution in [0, 0.1) is 5.82 Å². The van der Waals surface area contributed by atoms with Crippen molar-refractivity contribution in [3.8, 4) is 0 Å². The molecule has 0 radical (unpaired) electrons. The molecule has 1 aromatic carbocycles. The summed E-state index contributed by atoms with van der Waals surface area (Å²) in [5.74, 6) is -0.689. The number of aliphatic hydroxyl groups excluding tert-OH is 2. The lowest BCUT2D eigenvalue weighted by Crippen LogP contribution is -2.14. The van der Waals surface area contributed by atoms with E-state index in [1.807, 2.05) is 0 Å². The average molecular weight is 286 g/mol. The van der Waals surface area contributed by atoms with Gasteiger partial charge in [0, 0.05) is 23.1 Å². The second-order valence-corrected chi connectivity index (χ2v) is 4.91. The predicted molar refractivity (Wildman–Crippen MR) is 72.3 cm³/mol.